The minimum absolute atomic E-state index is 0.351. The van der Waals surface area contributed by atoms with Gasteiger partial charge in [0.1, 0.15) is 5.75 Å². The van der Waals surface area contributed by atoms with Gasteiger partial charge in [-0.3, -0.25) is 0 Å². The molecule has 21 heavy (non-hydrogen) atoms. The van der Waals surface area contributed by atoms with Crippen LogP contribution in [-0.4, -0.2) is 7.11 Å². The van der Waals surface area contributed by atoms with Gasteiger partial charge in [-0.2, -0.15) is 0 Å². The molecule has 1 aromatic heterocycles. The van der Waals surface area contributed by atoms with E-state index < -0.39 is 0 Å². The molecule has 0 aliphatic heterocycles. The lowest BCUT2D eigenvalue weighted by atomic mass is 10.2. The van der Waals surface area contributed by atoms with Gasteiger partial charge in [0.15, 0.2) is 0 Å². The first-order valence-electron chi connectivity index (χ1n) is 7.11. The number of benzene rings is 2. The van der Waals surface area contributed by atoms with Crippen molar-refractivity contribution in [3.63, 3.8) is 0 Å². The van der Waals surface area contributed by atoms with Crippen molar-refractivity contribution >= 4 is 21.4 Å². The van der Waals surface area contributed by atoms with E-state index in [0.717, 1.165) is 12.3 Å². The standard InChI is InChI=1S/C18H19NOS/c1-13(18-11-15-5-3-4-6-17(15)21-18)19-12-14-7-9-16(20-2)10-8-14/h3-11,13,19H,12H2,1-2H3. The average molecular weight is 297 g/mol. The molecule has 0 aliphatic rings. The lowest BCUT2D eigenvalue weighted by molar-refractivity contribution is 0.414. The molecule has 2 nitrogen and oxygen atoms in total. The molecule has 0 saturated carbocycles. The maximum absolute atomic E-state index is 5.18. The van der Waals surface area contributed by atoms with Gasteiger partial charge < -0.3 is 10.1 Å². The van der Waals surface area contributed by atoms with E-state index in [9.17, 15) is 0 Å². The number of hydrogen-bond donors (Lipinski definition) is 1. The van der Waals surface area contributed by atoms with Crippen molar-refractivity contribution < 1.29 is 4.74 Å². The maximum atomic E-state index is 5.18. The minimum Gasteiger partial charge on any atom is -0.497 e. The van der Waals surface area contributed by atoms with Crippen molar-refractivity contribution in [3.05, 3.63) is 65.0 Å². The Morgan fingerprint density at radius 3 is 2.57 bits per heavy atom. The van der Waals surface area contributed by atoms with Gasteiger partial charge in [-0.1, -0.05) is 30.3 Å². The van der Waals surface area contributed by atoms with Crippen molar-refractivity contribution in [3.8, 4) is 5.75 Å². The summed E-state index contributed by atoms with van der Waals surface area (Å²) in [5.41, 5.74) is 1.27. The first-order valence-corrected chi connectivity index (χ1v) is 7.92. The van der Waals surface area contributed by atoms with Crippen LogP contribution in [0.15, 0.2) is 54.6 Å². The highest BCUT2D eigenvalue weighted by molar-refractivity contribution is 7.19. The van der Waals surface area contributed by atoms with E-state index in [1.54, 1.807) is 7.11 Å². The second kappa shape index (κ2) is 6.29. The van der Waals surface area contributed by atoms with Crippen molar-refractivity contribution in [2.45, 2.75) is 19.5 Å². The molecule has 1 heterocycles. The number of methoxy groups -OCH3 is 1. The smallest absolute Gasteiger partial charge is 0.118 e. The van der Waals surface area contributed by atoms with Gasteiger partial charge in [-0.25, -0.2) is 0 Å². The van der Waals surface area contributed by atoms with Gasteiger partial charge in [0.25, 0.3) is 0 Å². The van der Waals surface area contributed by atoms with Gasteiger partial charge in [-0.15, -0.1) is 11.3 Å². The molecule has 3 aromatic rings. The summed E-state index contributed by atoms with van der Waals surface area (Å²) in [5.74, 6) is 0.899. The van der Waals surface area contributed by atoms with Crippen molar-refractivity contribution in [2.24, 2.45) is 0 Å². The summed E-state index contributed by atoms with van der Waals surface area (Å²) in [5, 5.41) is 4.91. The molecule has 0 aliphatic carbocycles. The van der Waals surface area contributed by atoms with Crippen LogP contribution >= 0.6 is 11.3 Å². The number of fused-ring (bicyclic) bond motifs is 1. The molecule has 3 rings (SSSR count). The molecule has 0 saturated heterocycles. The SMILES string of the molecule is COc1ccc(CNC(C)c2cc3ccccc3s2)cc1. The fraction of sp³-hybridized carbons (Fsp3) is 0.222. The molecule has 0 bridgehead atoms. The summed E-state index contributed by atoms with van der Waals surface area (Å²) in [6.07, 6.45) is 0. The molecule has 1 atom stereocenters. The number of hydrogen-bond acceptors (Lipinski definition) is 3. The van der Waals surface area contributed by atoms with Crippen molar-refractivity contribution in [1.29, 1.82) is 0 Å². The topological polar surface area (TPSA) is 21.3 Å². The van der Waals surface area contributed by atoms with Crippen LogP contribution in [-0.2, 0) is 6.54 Å². The third-order valence-corrected chi connectivity index (χ3v) is 4.94. The van der Waals surface area contributed by atoms with E-state index in [1.165, 1.54) is 20.5 Å². The van der Waals surface area contributed by atoms with E-state index in [0.29, 0.717) is 6.04 Å². The summed E-state index contributed by atoms with van der Waals surface area (Å²) in [6, 6.07) is 19.4. The van der Waals surface area contributed by atoms with Gasteiger partial charge in [-0.05, 0) is 42.1 Å². The fourth-order valence-electron chi connectivity index (χ4n) is 2.33. The Morgan fingerprint density at radius 1 is 1.10 bits per heavy atom. The van der Waals surface area contributed by atoms with E-state index in [1.807, 2.05) is 23.5 Å². The maximum Gasteiger partial charge on any atom is 0.118 e. The van der Waals surface area contributed by atoms with Crippen LogP contribution in [0.3, 0.4) is 0 Å². The van der Waals surface area contributed by atoms with Crippen LogP contribution in [0.4, 0.5) is 0 Å². The van der Waals surface area contributed by atoms with Crippen molar-refractivity contribution in [2.75, 3.05) is 7.11 Å². The van der Waals surface area contributed by atoms with Gasteiger partial charge in [0.05, 0.1) is 7.11 Å². The van der Waals surface area contributed by atoms with E-state index >= 15 is 0 Å². The predicted molar refractivity (Wildman–Crippen MR) is 90.1 cm³/mol. The van der Waals surface area contributed by atoms with Crippen LogP contribution in [0, 0.1) is 0 Å². The first kappa shape index (κ1) is 14.1. The first-order chi connectivity index (χ1) is 10.3. The number of nitrogens with one attached hydrogen (secondary N) is 1. The quantitative estimate of drug-likeness (QED) is 0.733. The van der Waals surface area contributed by atoms with E-state index in [-0.39, 0.29) is 0 Å². The van der Waals surface area contributed by atoms with Crippen LogP contribution in [0.5, 0.6) is 5.75 Å². The molecular weight excluding hydrogens is 278 g/mol. The summed E-state index contributed by atoms with van der Waals surface area (Å²) in [4.78, 5) is 1.38. The van der Waals surface area contributed by atoms with Gasteiger partial charge >= 0.3 is 0 Å². The van der Waals surface area contributed by atoms with Crippen molar-refractivity contribution in [1.82, 2.24) is 5.32 Å². The van der Waals surface area contributed by atoms with Crippen LogP contribution < -0.4 is 10.1 Å². The van der Waals surface area contributed by atoms with Gasteiger partial charge in [0.2, 0.25) is 0 Å². The summed E-state index contributed by atoms with van der Waals surface area (Å²) < 4.78 is 6.53. The summed E-state index contributed by atoms with van der Waals surface area (Å²) >= 11 is 1.86. The van der Waals surface area contributed by atoms with E-state index in [2.05, 4.69) is 54.7 Å². The molecule has 108 valence electrons. The monoisotopic (exact) mass is 297 g/mol. The average Bonchev–Trinajstić information content (AvgIpc) is 2.97. The highest BCUT2D eigenvalue weighted by Crippen LogP contribution is 2.29. The number of ether oxygens (including phenoxy) is 1. The molecule has 0 amide bonds. The zero-order valence-corrected chi connectivity index (χ0v) is 13.1. The Morgan fingerprint density at radius 2 is 1.86 bits per heavy atom. The fourth-order valence-corrected chi connectivity index (χ4v) is 3.42. The second-order valence-electron chi connectivity index (χ2n) is 5.14. The predicted octanol–water partition coefficient (Wildman–Crippen LogP) is 4.76. The second-order valence-corrected chi connectivity index (χ2v) is 6.25. The molecule has 0 spiro atoms. The van der Waals surface area contributed by atoms with Crippen LogP contribution in [0.1, 0.15) is 23.4 Å². The molecular formula is C18H19NOS. The highest BCUT2D eigenvalue weighted by Gasteiger charge is 2.09. The van der Waals surface area contributed by atoms with E-state index in [4.69, 9.17) is 4.74 Å². The number of rotatable bonds is 5. The lowest BCUT2D eigenvalue weighted by Gasteiger charge is -2.12. The zero-order valence-electron chi connectivity index (χ0n) is 12.3. The molecule has 1 N–H and O–H groups in total. The Kier molecular flexibility index (Phi) is 4.23. The summed E-state index contributed by atoms with van der Waals surface area (Å²) in [7, 11) is 1.69. The normalized spacial score (nSPS) is 12.5. The molecule has 1 unspecified atom stereocenters. The Bertz CT molecular complexity index is 684. The largest absolute Gasteiger partial charge is 0.497 e. The Hall–Kier alpha value is -1.84. The van der Waals surface area contributed by atoms with Gasteiger partial charge in [0, 0.05) is 22.2 Å². The Balaban J connectivity index is 1.66. The van der Waals surface area contributed by atoms with Crippen LogP contribution in [0.2, 0.25) is 0 Å². The Labute approximate surface area is 129 Å². The summed E-state index contributed by atoms with van der Waals surface area (Å²) in [6.45, 7) is 3.08. The molecule has 0 fully saturated rings. The number of thiophene rings is 1. The molecule has 3 heteroatoms. The third kappa shape index (κ3) is 3.26. The molecule has 0 radical (unpaired) electrons. The lowest BCUT2D eigenvalue weighted by Crippen LogP contribution is -2.17. The molecule has 2 aromatic carbocycles. The minimum atomic E-state index is 0.351. The zero-order chi connectivity index (χ0) is 14.7. The van der Waals surface area contributed by atoms with Crippen LogP contribution in [0.25, 0.3) is 10.1 Å². The highest BCUT2D eigenvalue weighted by atomic mass is 32.1. The third-order valence-electron chi connectivity index (χ3n) is 3.64.